The van der Waals surface area contributed by atoms with Crippen LogP contribution in [-0.4, -0.2) is 43.0 Å². The highest BCUT2D eigenvalue weighted by Gasteiger charge is 2.35. The molecule has 1 fully saturated rings. The Hall–Kier alpha value is -1.70. The van der Waals surface area contributed by atoms with Crippen LogP contribution in [0.1, 0.15) is 58.3 Å². The van der Waals surface area contributed by atoms with Crippen LogP contribution in [0.4, 0.5) is 5.00 Å². The molecule has 4 rings (SSSR count). The number of amides is 2. The maximum absolute atomic E-state index is 13.5. The number of rotatable bonds is 3. The zero-order valence-electron chi connectivity index (χ0n) is 18.3. The molecule has 1 atom stereocenters. The molecular weight excluding hydrogens is 476 g/mol. The van der Waals surface area contributed by atoms with E-state index in [4.69, 9.17) is 4.74 Å². The van der Waals surface area contributed by atoms with Crippen LogP contribution in [0.2, 0.25) is 0 Å². The van der Waals surface area contributed by atoms with Gasteiger partial charge in [-0.05, 0) is 54.4 Å². The molecule has 0 saturated carbocycles. The number of thiophene rings is 1. The Morgan fingerprint density at radius 2 is 1.97 bits per heavy atom. The fourth-order valence-electron chi connectivity index (χ4n) is 4.37. The summed E-state index contributed by atoms with van der Waals surface area (Å²) in [7, 11) is 0. The first kappa shape index (κ1) is 22.5. The zero-order chi connectivity index (χ0) is 22.2. The van der Waals surface area contributed by atoms with Gasteiger partial charge in [0.15, 0.2) is 0 Å². The lowest BCUT2D eigenvalue weighted by Gasteiger charge is -2.34. The molecule has 0 spiro atoms. The Morgan fingerprint density at radius 3 is 2.65 bits per heavy atom. The largest absolute Gasteiger partial charge is 0.378 e. The highest BCUT2D eigenvalue weighted by atomic mass is 79.9. The van der Waals surface area contributed by atoms with E-state index >= 15 is 0 Å². The number of carbonyl (C=O) groups is 2. The molecule has 1 aromatic heterocycles. The van der Waals surface area contributed by atoms with Gasteiger partial charge in [0, 0.05) is 28.0 Å². The zero-order valence-corrected chi connectivity index (χ0v) is 20.7. The van der Waals surface area contributed by atoms with Gasteiger partial charge >= 0.3 is 0 Å². The van der Waals surface area contributed by atoms with E-state index in [0.717, 1.165) is 29.3 Å². The van der Waals surface area contributed by atoms with Crippen LogP contribution in [0.3, 0.4) is 0 Å². The van der Waals surface area contributed by atoms with Crippen molar-refractivity contribution in [2.45, 2.75) is 40.0 Å². The fraction of sp³-hybridized carbons (Fsp3) is 0.500. The van der Waals surface area contributed by atoms with E-state index in [-0.39, 0.29) is 17.2 Å². The summed E-state index contributed by atoms with van der Waals surface area (Å²) in [6.07, 6.45) is 2.90. The van der Waals surface area contributed by atoms with E-state index < -0.39 is 0 Å². The predicted octanol–water partition coefficient (Wildman–Crippen LogP) is 5.39. The van der Waals surface area contributed by atoms with Gasteiger partial charge in [-0.2, -0.15) is 0 Å². The van der Waals surface area contributed by atoms with Crippen LogP contribution in [0.15, 0.2) is 28.7 Å². The first-order valence-corrected chi connectivity index (χ1v) is 12.4. The quantitative estimate of drug-likeness (QED) is 0.609. The molecule has 1 aliphatic carbocycles. The van der Waals surface area contributed by atoms with Gasteiger partial charge in [0.1, 0.15) is 5.00 Å². The standard InChI is InChI=1S/C24H29BrN2O3S/c1-24(2,3)16-7-8-18-19(14-16)31-22(20(18)23(29)27-9-11-30-12-10-27)26-21(28)15-5-4-6-17(25)13-15/h4-6,13,16H,7-12,14H2,1-3H3,(H,26,28). The number of nitrogens with zero attached hydrogens (tertiary/aromatic N) is 1. The number of carbonyl (C=O) groups excluding carboxylic acids is 2. The first-order chi connectivity index (χ1) is 14.7. The normalized spacial score (nSPS) is 19.1. The number of benzene rings is 1. The van der Waals surface area contributed by atoms with Gasteiger partial charge in [0.25, 0.3) is 11.8 Å². The Bertz CT molecular complexity index is 989. The molecule has 2 aliphatic rings. The third kappa shape index (κ3) is 4.89. The highest BCUT2D eigenvalue weighted by molar-refractivity contribution is 9.10. The van der Waals surface area contributed by atoms with Crippen molar-refractivity contribution >= 4 is 44.1 Å². The van der Waals surface area contributed by atoms with E-state index in [2.05, 4.69) is 42.0 Å². The number of halogens is 1. The molecule has 31 heavy (non-hydrogen) atoms. The lowest BCUT2D eigenvalue weighted by atomic mass is 9.72. The maximum Gasteiger partial charge on any atom is 0.257 e. The van der Waals surface area contributed by atoms with Gasteiger partial charge in [0.2, 0.25) is 0 Å². The van der Waals surface area contributed by atoms with Crippen LogP contribution in [0.25, 0.3) is 0 Å². The first-order valence-electron chi connectivity index (χ1n) is 10.8. The van der Waals surface area contributed by atoms with Gasteiger partial charge in [-0.25, -0.2) is 0 Å². The molecule has 0 bridgehead atoms. The average molecular weight is 505 g/mol. The average Bonchev–Trinajstić information content (AvgIpc) is 3.10. The Balaban J connectivity index is 1.68. The third-order valence-electron chi connectivity index (χ3n) is 6.32. The number of nitrogens with one attached hydrogen (secondary N) is 1. The van der Waals surface area contributed by atoms with Crippen LogP contribution in [0.5, 0.6) is 0 Å². The van der Waals surface area contributed by atoms with Gasteiger partial charge in [-0.3, -0.25) is 9.59 Å². The second-order valence-electron chi connectivity index (χ2n) is 9.38. The van der Waals surface area contributed by atoms with Crippen molar-refractivity contribution in [2.75, 3.05) is 31.6 Å². The molecule has 2 aromatic rings. The van der Waals surface area contributed by atoms with E-state index in [1.54, 1.807) is 23.5 Å². The van der Waals surface area contributed by atoms with Crippen molar-refractivity contribution in [3.63, 3.8) is 0 Å². The van der Waals surface area contributed by atoms with E-state index in [1.165, 1.54) is 4.88 Å². The van der Waals surface area contributed by atoms with Crippen molar-refractivity contribution in [3.05, 3.63) is 50.3 Å². The summed E-state index contributed by atoms with van der Waals surface area (Å²) in [6, 6.07) is 7.31. The molecule has 2 amide bonds. The van der Waals surface area contributed by atoms with Crippen molar-refractivity contribution in [1.29, 1.82) is 0 Å². The monoisotopic (exact) mass is 504 g/mol. The van der Waals surface area contributed by atoms with E-state index in [0.29, 0.717) is 48.3 Å². The second kappa shape index (κ2) is 9.04. The second-order valence-corrected chi connectivity index (χ2v) is 11.4. The minimum absolute atomic E-state index is 0.0135. The van der Waals surface area contributed by atoms with Crippen molar-refractivity contribution in [1.82, 2.24) is 4.90 Å². The summed E-state index contributed by atoms with van der Waals surface area (Å²) in [5.41, 5.74) is 2.61. The number of anilines is 1. The van der Waals surface area contributed by atoms with E-state index in [9.17, 15) is 9.59 Å². The molecule has 166 valence electrons. The van der Waals surface area contributed by atoms with Crippen molar-refractivity contribution in [3.8, 4) is 0 Å². The summed E-state index contributed by atoms with van der Waals surface area (Å²) in [5.74, 6) is 0.390. The van der Waals surface area contributed by atoms with Gasteiger partial charge in [0.05, 0.1) is 18.8 Å². The summed E-state index contributed by atoms with van der Waals surface area (Å²) < 4.78 is 6.28. The Labute approximate surface area is 196 Å². The van der Waals surface area contributed by atoms with Gasteiger partial charge in [-0.1, -0.05) is 42.8 Å². The molecule has 5 nitrogen and oxygen atoms in total. The molecule has 1 saturated heterocycles. The van der Waals surface area contributed by atoms with Crippen molar-refractivity contribution in [2.24, 2.45) is 11.3 Å². The molecule has 1 aliphatic heterocycles. The molecule has 1 N–H and O–H groups in total. The minimum Gasteiger partial charge on any atom is -0.378 e. The smallest absolute Gasteiger partial charge is 0.257 e. The Morgan fingerprint density at radius 1 is 1.23 bits per heavy atom. The lowest BCUT2D eigenvalue weighted by Crippen LogP contribution is -2.41. The summed E-state index contributed by atoms with van der Waals surface area (Å²) in [5, 5.41) is 3.75. The maximum atomic E-state index is 13.5. The summed E-state index contributed by atoms with van der Waals surface area (Å²) >= 11 is 5.01. The molecule has 2 heterocycles. The molecule has 7 heteroatoms. The number of hydrogen-bond acceptors (Lipinski definition) is 4. The number of fused-ring (bicyclic) bond motifs is 1. The predicted molar refractivity (Wildman–Crippen MR) is 128 cm³/mol. The molecular formula is C24H29BrN2O3S. The summed E-state index contributed by atoms with van der Waals surface area (Å²) in [6.45, 7) is 9.15. The number of hydrogen-bond donors (Lipinski definition) is 1. The Kier molecular flexibility index (Phi) is 6.56. The van der Waals surface area contributed by atoms with Gasteiger partial charge in [-0.15, -0.1) is 11.3 Å². The minimum atomic E-state index is -0.191. The van der Waals surface area contributed by atoms with Crippen LogP contribution in [-0.2, 0) is 17.6 Å². The highest BCUT2D eigenvalue weighted by Crippen LogP contribution is 2.44. The third-order valence-corrected chi connectivity index (χ3v) is 7.98. The van der Waals surface area contributed by atoms with Crippen LogP contribution in [0, 0.1) is 11.3 Å². The lowest BCUT2D eigenvalue weighted by molar-refractivity contribution is 0.0303. The molecule has 0 radical (unpaired) electrons. The fourth-order valence-corrected chi connectivity index (χ4v) is 6.08. The van der Waals surface area contributed by atoms with E-state index in [1.807, 2.05) is 17.0 Å². The SMILES string of the molecule is CC(C)(C)C1CCc2c(sc(NC(=O)c3cccc(Br)c3)c2C(=O)N2CCOCC2)C1. The van der Waals surface area contributed by atoms with Crippen LogP contribution >= 0.6 is 27.3 Å². The molecule has 1 aromatic carbocycles. The summed E-state index contributed by atoms with van der Waals surface area (Å²) in [4.78, 5) is 29.6. The van der Waals surface area contributed by atoms with Gasteiger partial charge < -0.3 is 15.0 Å². The number of ether oxygens (including phenoxy) is 1. The molecule has 1 unspecified atom stereocenters. The number of morpholine rings is 1. The van der Waals surface area contributed by atoms with Crippen molar-refractivity contribution < 1.29 is 14.3 Å². The van der Waals surface area contributed by atoms with Crippen LogP contribution < -0.4 is 5.32 Å². The topological polar surface area (TPSA) is 58.6 Å².